The van der Waals surface area contributed by atoms with Gasteiger partial charge in [0.1, 0.15) is 5.75 Å². The van der Waals surface area contributed by atoms with Gasteiger partial charge >= 0.3 is 0 Å². The molecule has 0 spiro atoms. The number of aromatic amines is 1. The van der Waals surface area contributed by atoms with Gasteiger partial charge in [0.05, 0.1) is 12.8 Å². The van der Waals surface area contributed by atoms with Crippen molar-refractivity contribution in [1.29, 1.82) is 0 Å². The maximum absolute atomic E-state index is 12.4. The van der Waals surface area contributed by atoms with E-state index in [9.17, 15) is 9.59 Å². The number of pyridine rings is 1. The average Bonchev–Trinajstić information content (AvgIpc) is 2.60. The summed E-state index contributed by atoms with van der Waals surface area (Å²) >= 11 is 0. The van der Waals surface area contributed by atoms with Gasteiger partial charge in [-0.05, 0) is 41.6 Å². The summed E-state index contributed by atoms with van der Waals surface area (Å²) in [5, 5.41) is 1.37. The standard InChI is InChI=1S/C19H17NO3/c1-23-15-7-4-5-13(11-15)9-10-18(21)17-12-14-6-2-3-8-16(14)19(22)20-17/h2-8,11-12H,9-10H2,1H3,(H,20,22). The van der Waals surface area contributed by atoms with Crippen molar-refractivity contribution in [2.24, 2.45) is 0 Å². The largest absolute Gasteiger partial charge is 0.497 e. The Labute approximate surface area is 133 Å². The number of benzene rings is 2. The van der Waals surface area contributed by atoms with E-state index in [-0.39, 0.29) is 11.3 Å². The van der Waals surface area contributed by atoms with Crippen LogP contribution >= 0.6 is 0 Å². The number of hydrogen-bond donors (Lipinski definition) is 1. The molecule has 1 heterocycles. The molecule has 0 aliphatic carbocycles. The van der Waals surface area contributed by atoms with Crippen LogP contribution in [0.15, 0.2) is 59.4 Å². The topological polar surface area (TPSA) is 59.2 Å². The first-order valence-corrected chi connectivity index (χ1v) is 7.45. The lowest BCUT2D eigenvalue weighted by molar-refractivity contribution is 0.0978. The van der Waals surface area contributed by atoms with Crippen LogP contribution in [-0.4, -0.2) is 17.9 Å². The zero-order chi connectivity index (χ0) is 16.2. The number of aryl methyl sites for hydroxylation is 1. The molecule has 0 atom stereocenters. The van der Waals surface area contributed by atoms with Gasteiger partial charge in [-0.15, -0.1) is 0 Å². The summed E-state index contributed by atoms with van der Waals surface area (Å²) in [6.07, 6.45) is 0.937. The van der Waals surface area contributed by atoms with E-state index < -0.39 is 0 Å². The van der Waals surface area contributed by atoms with Crippen molar-refractivity contribution in [2.45, 2.75) is 12.8 Å². The van der Waals surface area contributed by atoms with Gasteiger partial charge in [-0.1, -0.05) is 30.3 Å². The lowest BCUT2D eigenvalue weighted by Gasteiger charge is -2.05. The van der Waals surface area contributed by atoms with E-state index in [1.165, 1.54) is 0 Å². The van der Waals surface area contributed by atoms with Crippen molar-refractivity contribution in [3.8, 4) is 5.75 Å². The van der Waals surface area contributed by atoms with Crippen molar-refractivity contribution in [3.63, 3.8) is 0 Å². The normalized spacial score (nSPS) is 10.7. The third kappa shape index (κ3) is 3.31. The van der Waals surface area contributed by atoms with Crippen molar-refractivity contribution < 1.29 is 9.53 Å². The van der Waals surface area contributed by atoms with Crippen molar-refractivity contribution in [3.05, 3.63) is 76.2 Å². The van der Waals surface area contributed by atoms with Gasteiger partial charge in [-0.2, -0.15) is 0 Å². The SMILES string of the molecule is COc1cccc(CCC(=O)c2cc3ccccc3c(=O)[nH]2)c1. The van der Waals surface area contributed by atoms with E-state index in [1.807, 2.05) is 42.5 Å². The maximum Gasteiger partial charge on any atom is 0.256 e. The second kappa shape index (κ2) is 6.48. The number of rotatable bonds is 5. The van der Waals surface area contributed by atoms with E-state index >= 15 is 0 Å². The quantitative estimate of drug-likeness (QED) is 0.735. The zero-order valence-corrected chi connectivity index (χ0v) is 12.8. The summed E-state index contributed by atoms with van der Waals surface area (Å²) in [5.74, 6) is 0.699. The number of carbonyl (C=O) groups is 1. The Kier molecular flexibility index (Phi) is 4.24. The highest BCUT2D eigenvalue weighted by molar-refractivity contribution is 5.97. The molecule has 1 N–H and O–H groups in total. The van der Waals surface area contributed by atoms with E-state index in [0.717, 1.165) is 16.7 Å². The second-order valence-electron chi connectivity index (χ2n) is 5.37. The van der Waals surface area contributed by atoms with E-state index in [4.69, 9.17) is 4.74 Å². The number of Topliss-reactive ketones (excluding diaryl/α,β-unsaturated/α-hetero) is 1. The van der Waals surface area contributed by atoms with Crippen molar-refractivity contribution in [2.75, 3.05) is 7.11 Å². The highest BCUT2D eigenvalue weighted by Gasteiger charge is 2.10. The summed E-state index contributed by atoms with van der Waals surface area (Å²) in [7, 11) is 1.62. The molecule has 0 saturated heterocycles. The smallest absolute Gasteiger partial charge is 0.256 e. The molecule has 0 amide bonds. The number of hydrogen-bond acceptors (Lipinski definition) is 3. The Morgan fingerprint density at radius 2 is 1.91 bits per heavy atom. The van der Waals surface area contributed by atoms with E-state index in [0.29, 0.717) is 23.9 Å². The molecule has 0 aliphatic rings. The highest BCUT2D eigenvalue weighted by Crippen LogP contribution is 2.16. The Hall–Kier alpha value is -2.88. The van der Waals surface area contributed by atoms with Crippen molar-refractivity contribution in [1.82, 2.24) is 4.98 Å². The number of aromatic nitrogens is 1. The fraction of sp³-hybridized carbons (Fsp3) is 0.158. The van der Waals surface area contributed by atoms with Gasteiger partial charge in [0.15, 0.2) is 5.78 Å². The molecule has 4 heteroatoms. The van der Waals surface area contributed by atoms with Gasteiger partial charge in [0.2, 0.25) is 0 Å². The van der Waals surface area contributed by atoms with Crippen LogP contribution in [0.1, 0.15) is 22.5 Å². The monoisotopic (exact) mass is 307 g/mol. The number of carbonyl (C=O) groups excluding carboxylic acids is 1. The molecule has 0 bridgehead atoms. The molecule has 0 fully saturated rings. The number of methoxy groups -OCH3 is 1. The Balaban J connectivity index is 1.79. The first-order valence-electron chi connectivity index (χ1n) is 7.45. The molecular formula is C19H17NO3. The van der Waals surface area contributed by atoms with Gasteiger partial charge < -0.3 is 9.72 Å². The number of ketones is 1. The van der Waals surface area contributed by atoms with Gasteiger partial charge in [0, 0.05) is 11.8 Å². The molecule has 0 saturated carbocycles. The lowest BCUT2D eigenvalue weighted by Crippen LogP contribution is -2.13. The van der Waals surface area contributed by atoms with Gasteiger partial charge in [-0.3, -0.25) is 9.59 Å². The molecule has 1 aromatic heterocycles. The fourth-order valence-electron chi connectivity index (χ4n) is 2.58. The molecule has 3 rings (SSSR count). The number of nitrogens with one attached hydrogen (secondary N) is 1. The fourth-order valence-corrected chi connectivity index (χ4v) is 2.58. The Bertz CT molecular complexity index is 912. The van der Waals surface area contributed by atoms with Crippen LogP contribution in [0.3, 0.4) is 0 Å². The lowest BCUT2D eigenvalue weighted by atomic mass is 10.0. The third-order valence-corrected chi connectivity index (χ3v) is 3.83. The second-order valence-corrected chi connectivity index (χ2v) is 5.37. The van der Waals surface area contributed by atoms with Crippen LogP contribution < -0.4 is 10.3 Å². The first kappa shape index (κ1) is 15.0. The van der Waals surface area contributed by atoms with E-state index in [1.54, 1.807) is 19.2 Å². The molecule has 0 unspecified atom stereocenters. The Morgan fingerprint density at radius 1 is 1.09 bits per heavy atom. The summed E-state index contributed by atoms with van der Waals surface area (Å²) in [5.41, 5.74) is 1.16. The molecule has 2 aromatic carbocycles. The molecule has 116 valence electrons. The van der Waals surface area contributed by atoms with Gasteiger partial charge in [0.25, 0.3) is 5.56 Å². The minimum Gasteiger partial charge on any atom is -0.497 e. The maximum atomic E-state index is 12.4. The van der Waals surface area contributed by atoms with Crippen LogP contribution in [0.5, 0.6) is 5.75 Å². The molecule has 23 heavy (non-hydrogen) atoms. The molecule has 3 aromatic rings. The number of fused-ring (bicyclic) bond motifs is 1. The van der Waals surface area contributed by atoms with Crippen LogP contribution in [0.2, 0.25) is 0 Å². The minimum absolute atomic E-state index is 0.0735. The molecular weight excluding hydrogens is 290 g/mol. The van der Waals surface area contributed by atoms with Gasteiger partial charge in [-0.25, -0.2) is 0 Å². The summed E-state index contributed by atoms with van der Waals surface area (Å²) < 4.78 is 5.18. The molecule has 4 nitrogen and oxygen atoms in total. The molecule has 0 aliphatic heterocycles. The van der Waals surface area contributed by atoms with E-state index in [2.05, 4.69) is 4.98 Å². The number of ether oxygens (including phenoxy) is 1. The number of H-pyrrole nitrogens is 1. The highest BCUT2D eigenvalue weighted by atomic mass is 16.5. The molecule has 0 radical (unpaired) electrons. The van der Waals surface area contributed by atoms with Crippen LogP contribution in [0, 0.1) is 0 Å². The predicted molar refractivity (Wildman–Crippen MR) is 90.2 cm³/mol. The minimum atomic E-state index is -0.229. The van der Waals surface area contributed by atoms with Crippen LogP contribution in [0.25, 0.3) is 10.8 Å². The summed E-state index contributed by atoms with van der Waals surface area (Å²) in [4.78, 5) is 27.1. The average molecular weight is 307 g/mol. The van der Waals surface area contributed by atoms with Crippen LogP contribution in [0.4, 0.5) is 0 Å². The summed E-state index contributed by atoms with van der Waals surface area (Å²) in [6.45, 7) is 0. The Morgan fingerprint density at radius 3 is 2.74 bits per heavy atom. The third-order valence-electron chi connectivity index (χ3n) is 3.83. The summed E-state index contributed by atoms with van der Waals surface area (Å²) in [6, 6.07) is 16.6. The first-order chi connectivity index (χ1) is 11.2. The van der Waals surface area contributed by atoms with Crippen LogP contribution in [-0.2, 0) is 6.42 Å². The van der Waals surface area contributed by atoms with Crippen molar-refractivity contribution >= 4 is 16.6 Å². The zero-order valence-electron chi connectivity index (χ0n) is 12.8. The predicted octanol–water partition coefficient (Wildman–Crippen LogP) is 3.35.